The van der Waals surface area contributed by atoms with Crippen molar-refractivity contribution in [1.29, 1.82) is 0 Å². The van der Waals surface area contributed by atoms with Crippen LogP contribution in [0.25, 0.3) is 0 Å². The number of fused-ring (bicyclic) bond motifs is 1. The largest absolute Gasteiger partial charge is 0.449 e. The van der Waals surface area contributed by atoms with Crippen molar-refractivity contribution in [3.63, 3.8) is 0 Å². The highest BCUT2D eigenvalue weighted by atomic mass is 32.2. The van der Waals surface area contributed by atoms with E-state index >= 15 is 0 Å². The number of nitrogens with one attached hydrogen (secondary N) is 1. The highest BCUT2D eigenvalue weighted by Crippen LogP contribution is 2.28. The fraction of sp³-hybridized carbons (Fsp3) is 0.750. The standard InChI is InChI=1S/C8H12N2O3S/c1-2-13-8(12)10-6-4-14-3-5(6)9-7(10)11/h5-6H,2-4H2,1H3,(H,9,11). The van der Waals surface area contributed by atoms with Gasteiger partial charge in [0.25, 0.3) is 0 Å². The molecule has 0 radical (unpaired) electrons. The summed E-state index contributed by atoms with van der Waals surface area (Å²) in [5, 5.41) is 2.77. The summed E-state index contributed by atoms with van der Waals surface area (Å²) in [5.41, 5.74) is 0. The van der Waals surface area contributed by atoms with Gasteiger partial charge < -0.3 is 10.1 Å². The van der Waals surface area contributed by atoms with E-state index in [0.717, 1.165) is 11.5 Å². The van der Waals surface area contributed by atoms with Gasteiger partial charge >= 0.3 is 12.1 Å². The third-order valence-corrected chi connectivity index (χ3v) is 3.55. The van der Waals surface area contributed by atoms with Gasteiger partial charge in [-0.3, -0.25) is 0 Å². The lowest BCUT2D eigenvalue weighted by Gasteiger charge is -2.18. The molecule has 78 valence electrons. The highest BCUT2D eigenvalue weighted by molar-refractivity contribution is 7.99. The van der Waals surface area contributed by atoms with Gasteiger partial charge in [0.05, 0.1) is 18.7 Å². The number of imide groups is 1. The first kappa shape index (κ1) is 9.64. The highest BCUT2D eigenvalue weighted by Gasteiger charge is 2.46. The van der Waals surface area contributed by atoms with E-state index in [1.54, 1.807) is 18.7 Å². The van der Waals surface area contributed by atoms with E-state index in [1.807, 2.05) is 0 Å². The van der Waals surface area contributed by atoms with E-state index in [0.29, 0.717) is 6.61 Å². The number of ether oxygens (including phenoxy) is 1. The summed E-state index contributed by atoms with van der Waals surface area (Å²) in [6.45, 7) is 2.03. The minimum Gasteiger partial charge on any atom is -0.449 e. The first-order chi connectivity index (χ1) is 6.74. The maximum Gasteiger partial charge on any atom is 0.418 e. The van der Waals surface area contributed by atoms with Crippen molar-refractivity contribution in [3.05, 3.63) is 0 Å². The van der Waals surface area contributed by atoms with Crippen molar-refractivity contribution < 1.29 is 14.3 Å². The maximum absolute atomic E-state index is 11.4. The predicted octanol–water partition coefficient (Wildman–Crippen LogP) is 0.652. The average molecular weight is 216 g/mol. The number of amides is 3. The van der Waals surface area contributed by atoms with E-state index in [-0.39, 0.29) is 18.1 Å². The number of hydrogen-bond donors (Lipinski definition) is 1. The second-order valence-corrected chi connectivity index (χ2v) is 4.30. The molecular weight excluding hydrogens is 204 g/mol. The molecule has 0 aromatic carbocycles. The molecule has 2 aliphatic rings. The van der Waals surface area contributed by atoms with Crippen molar-refractivity contribution in [2.24, 2.45) is 0 Å². The number of urea groups is 1. The van der Waals surface area contributed by atoms with Crippen LogP contribution >= 0.6 is 11.8 Å². The summed E-state index contributed by atoms with van der Waals surface area (Å²) >= 11 is 1.74. The number of carbonyl (C=O) groups is 2. The molecule has 2 unspecified atom stereocenters. The Labute approximate surface area is 86.2 Å². The number of nitrogens with zero attached hydrogens (tertiary/aromatic N) is 1. The average Bonchev–Trinajstić information content (AvgIpc) is 2.63. The van der Waals surface area contributed by atoms with Gasteiger partial charge in [0.1, 0.15) is 0 Å². The molecule has 6 heteroatoms. The number of hydrogen-bond acceptors (Lipinski definition) is 4. The molecule has 0 aromatic rings. The predicted molar refractivity (Wildman–Crippen MR) is 52.3 cm³/mol. The molecule has 14 heavy (non-hydrogen) atoms. The van der Waals surface area contributed by atoms with Crippen LogP contribution < -0.4 is 5.32 Å². The van der Waals surface area contributed by atoms with Crippen LogP contribution in [0.3, 0.4) is 0 Å². The Kier molecular flexibility index (Phi) is 2.54. The molecule has 0 aliphatic carbocycles. The van der Waals surface area contributed by atoms with Gasteiger partial charge in [-0.05, 0) is 6.92 Å². The van der Waals surface area contributed by atoms with Crippen molar-refractivity contribution >= 4 is 23.9 Å². The molecule has 2 rings (SSSR count). The van der Waals surface area contributed by atoms with E-state index in [4.69, 9.17) is 4.74 Å². The summed E-state index contributed by atoms with van der Waals surface area (Å²) in [6.07, 6.45) is -0.528. The quantitative estimate of drug-likeness (QED) is 0.654. The Morgan fingerprint density at radius 2 is 2.50 bits per heavy atom. The van der Waals surface area contributed by atoms with Gasteiger partial charge in [0.15, 0.2) is 0 Å². The lowest BCUT2D eigenvalue weighted by atomic mass is 10.2. The summed E-state index contributed by atoms with van der Waals surface area (Å²) < 4.78 is 4.82. The Bertz CT molecular complexity index is 271. The lowest BCUT2D eigenvalue weighted by molar-refractivity contribution is 0.113. The Balaban J connectivity index is 2.09. The normalized spacial score (nSPS) is 30.1. The molecular formula is C8H12N2O3S. The van der Waals surface area contributed by atoms with Gasteiger partial charge in [-0.2, -0.15) is 11.8 Å². The molecule has 2 fully saturated rings. The van der Waals surface area contributed by atoms with Crippen molar-refractivity contribution in [1.82, 2.24) is 10.2 Å². The van der Waals surface area contributed by atoms with Crippen molar-refractivity contribution in [2.75, 3.05) is 18.1 Å². The van der Waals surface area contributed by atoms with E-state index in [2.05, 4.69) is 5.32 Å². The van der Waals surface area contributed by atoms with E-state index in [9.17, 15) is 9.59 Å². The summed E-state index contributed by atoms with van der Waals surface area (Å²) in [6, 6.07) is -0.234. The molecule has 0 spiro atoms. The zero-order valence-corrected chi connectivity index (χ0v) is 8.67. The second kappa shape index (κ2) is 3.68. The fourth-order valence-electron chi connectivity index (χ4n) is 1.73. The number of thioether (sulfide) groups is 1. The topological polar surface area (TPSA) is 58.6 Å². The molecule has 2 aliphatic heterocycles. The molecule has 0 aromatic heterocycles. The fourth-order valence-corrected chi connectivity index (χ4v) is 3.04. The molecule has 2 atom stereocenters. The molecule has 2 heterocycles. The first-order valence-corrected chi connectivity index (χ1v) is 5.73. The van der Waals surface area contributed by atoms with Crippen LogP contribution in [-0.2, 0) is 4.74 Å². The smallest absolute Gasteiger partial charge is 0.418 e. The third kappa shape index (κ3) is 1.43. The number of carbonyl (C=O) groups excluding carboxylic acids is 2. The Hall–Kier alpha value is -0.910. The monoisotopic (exact) mass is 216 g/mol. The third-order valence-electron chi connectivity index (χ3n) is 2.37. The van der Waals surface area contributed by atoms with Crippen LogP contribution in [0.15, 0.2) is 0 Å². The first-order valence-electron chi connectivity index (χ1n) is 4.58. The van der Waals surface area contributed by atoms with Gasteiger partial charge in [0, 0.05) is 11.5 Å². The summed E-state index contributed by atoms with van der Waals surface area (Å²) in [7, 11) is 0. The molecule has 0 saturated carbocycles. The molecule has 5 nitrogen and oxygen atoms in total. The van der Waals surface area contributed by atoms with Crippen molar-refractivity contribution in [2.45, 2.75) is 19.0 Å². The molecule has 1 N–H and O–H groups in total. The Morgan fingerprint density at radius 1 is 1.71 bits per heavy atom. The molecule has 3 amide bonds. The van der Waals surface area contributed by atoms with E-state index < -0.39 is 6.09 Å². The van der Waals surface area contributed by atoms with Crippen LogP contribution in [0.2, 0.25) is 0 Å². The van der Waals surface area contributed by atoms with Crippen LogP contribution in [0.1, 0.15) is 6.92 Å². The van der Waals surface area contributed by atoms with Crippen LogP contribution in [0, 0.1) is 0 Å². The van der Waals surface area contributed by atoms with E-state index in [1.165, 1.54) is 4.90 Å². The minimum absolute atomic E-state index is 0.0217. The Morgan fingerprint density at radius 3 is 3.21 bits per heavy atom. The molecule has 2 saturated heterocycles. The van der Waals surface area contributed by atoms with Crippen LogP contribution in [0.4, 0.5) is 9.59 Å². The number of rotatable bonds is 1. The van der Waals surface area contributed by atoms with Gasteiger partial charge in [-0.1, -0.05) is 0 Å². The maximum atomic E-state index is 11.4. The van der Waals surface area contributed by atoms with Gasteiger partial charge in [0.2, 0.25) is 0 Å². The van der Waals surface area contributed by atoms with Gasteiger partial charge in [-0.15, -0.1) is 0 Å². The SMILES string of the molecule is CCOC(=O)N1C(=O)NC2CSCC21. The van der Waals surface area contributed by atoms with Gasteiger partial charge in [-0.25, -0.2) is 14.5 Å². The molecule has 0 bridgehead atoms. The lowest BCUT2D eigenvalue weighted by Crippen LogP contribution is -2.41. The van der Waals surface area contributed by atoms with Crippen molar-refractivity contribution in [3.8, 4) is 0 Å². The van der Waals surface area contributed by atoms with Crippen LogP contribution in [0.5, 0.6) is 0 Å². The zero-order chi connectivity index (χ0) is 10.1. The summed E-state index contributed by atoms with van der Waals surface area (Å²) in [4.78, 5) is 24.0. The van der Waals surface area contributed by atoms with Crippen LogP contribution in [-0.4, -0.2) is 47.2 Å². The minimum atomic E-state index is -0.528. The summed E-state index contributed by atoms with van der Waals surface area (Å²) in [5.74, 6) is 1.69. The zero-order valence-electron chi connectivity index (χ0n) is 7.86. The second-order valence-electron chi connectivity index (χ2n) is 3.23.